The van der Waals surface area contributed by atoms with Crippen molar-refractivity contribution in [1.82, 2.24) is 4.98 Å². The summed E-state index contributed by atoms with van der Waals surface area (Å²) in [5.74, 6) is 0. The van der Waals surface area contributed by atoms with Crippen LogP contribution in [0.4, 0.5) is 5.69 Å². The number of aromatic nitrogens is 1. The number of hydrogen-bond acceptors (Lipinski definition) is 4. The topological polar surface area (TPSA) is 62.4 Å². The van der Waals surface area contributed by atoms with Gasteiger partial charge in [-0.1, -0.05) is 6.92 Å². The number of hydrogen-bond donors (Lipinski definition) is 2. The highest BCUT2D eigenvalue weighted by Crippen LogP contribution is 2.17. The number of likely N-dealkylation sites (N-methyl/N-ethyl adjacent to an activating group) is 1. The monoisotopic (exact) mass is 237 g/mol. The Labute approximate surface area is 103 Å². The molecule has 1 heterocycles. The predicted molar refractivity (Wildman–Crippen MR) is 71.0 cm³/mol. The quantitative estimate of drug-likeness (QED) is 0.818. The minimum absolute atomic E-state index is 0.00337. The van der Waals surface area contributed by atoms with Crippen LogP contribution in [0, 0.1) is 0 Å². The number of pyridine rings is 1. The first kappa shape index (κ1) is 13.9. The van der Waals surface area contributed by atoms with Crippen LogP contribution in [0.25, 0.3) is 0 Å². The molecular weight excluding hydrogens is 214 g/mol. The highest BCUT2D eigenvalue weighted by atomic mass is 16.3. The first-order valence-corrected chi connectivity index (χ1v) is 5.98. The van der Waals surface area contributed by atoms with E-state index >= 15 is 0 Å². The predicted octanol–water partition coefficient (Wildman–Crippen LogP) is 1.70. The van der Waals surface area contributed by atoms with Crippen LogP contribution in [-0.4, -0.2) is 29.3 Å². The van der Waals surface area contributed by atoms with E-state index in [2.05, 4.69) is 4.98 Å². The van der Waals surface area contributed by atoms with E-state index in [1.54, 1.807) is 20.0 Å². The second kappa shape index (κ2) is 5.47. The summed E-state index contributed by atoms with van der Waals surface area (Å²) in [6, 6.07) is 3.94. The fourth-order valence-electron chi connectivity index (χ4n) is 1.72. The Morgan fingerprint density at radius 1 is 1.47 bits per heavy atom. The number of nitrogens with two attached hydrogens (primary N) is 1. The summed E-state index contributed by atoms with van der Waals surface area (Å²) in [6.07, 6.45) is 2.68. The third kappa shape index (κ3) is 4.32. The van der Waals surface area contributed by atoms with E-state index in [-0.39, 0.29) is 6.04 Å². The van der Waals surface area contributed by atoms with Gasteiger partial charge in [-0.3, -0.25) is 4.98 Å². The van der Waals surface area contributed by atoms with Crippen LogP contribution in [0.3, 0.4) is 0 Å². The minimum Gasteiger partial charge on any atom is -0.389 e. The van der Waals surface area contributed by atoms with Crippen LogP contribution in [0.1, 0.15) is 38.9 Å². The fourth-order valence-corrected chi connectivity index (χ4v) is 1.72. The minimum atomic E-state index is -0.715. The van der Waals surface area contributed by atoms with Gasteiger partial charge in [-0.2, -0.15) is 0 Å². The molecule has 4 heteroatoms. The zero-order chi connectivity index (χ0) is 13.1. The van der Waals surface area contributed by atoms with E-state index in [1.165, 1.54) is 0 Å². The van der Waals surface area contributed by atoms with Crippen molar-refractivity contribution in [3.63, 3.8) is 0 Å². The normalized spacial score (nSPS) is 13.5. The lowest BCUT2D eigenvalue weighted by Crippen LogP contribution is -2.36. The van der Waals surface area contributed by atoms with Crippen LogP contribution >= 0.6 is 0 Å². The molecule has 4 nitrogen and oxygen atoms in total. The SMILES string of the molecule is CC[C@@H](N)c1ccc(N(C)CC(C)(C)O)cn1. The maximum Gasteiger partial charge on any atom is 0.0765 e. The van der Waals surface area contributed by atoms with Crippen molar-refractivity contribution in [2.24, 2.45) is 5.73 Å². The molecule has 1 rings (SSSR count). The van der Waals surface area contributed by atoms with E-state index < -0.39 is 5.60 Å². The van der Waals surface area contributed by atoms with Crippen molar-refractivity contribution in [2.45, 2.75) is 38.8 Å². The summed E-state index contributed by atoms with van der Waals surface area (Å²) >= 11 is 0. The summed E-state index contributed by atoms with van der Waals surface area (Å²) in [5, 5.41) is 9.75. The molecular formula is C13H23N3O. The summed E-state index contributed by atoms with van der Waals surface area (Å²) in [7, 11) is 1.94. The fraction of sp³-hybridized carbons (Fsp3) is 0.615. The summed E-state index contributed by atoms with van der Waals surface area (Å²) in [5.41, 5.74) is 7.09. The lowest BCUT2D eigenvalue weighted by atomic mass is 10.1. The molecule has 3 N–H and O–H groups in total. The van der Waals surface area contributed by atoms with Gasteiger partial charge in [0.15, 0.2) is 0 Å². The molecule has 0 unspecified atom stereocenters. The molecule has 1 aromatic heterocycles. The maximum absolute atomic E-state index is 9.75. The summed E-state index contributed by atoms with van der Waals surface area (Å²) in [6.45, 7) is 6.19. The average Bonchev–Trinajstić information content (AvgIpc) is 2.26. The molecule has 0 saturated carbocycles. The molecule has 1 atom stereocenters. The lowest BCUT2D eigenvalue weighted by Gasteiger charge is -2.27. The van der Waals surface area contributed by atoms with Crippen LogP contribution in [0.2, 0.25) is 0 Å². The van der Waals surface area contributed by atoms with Gasteiger partial charge >= 0.3 is 0 Å². The molecule has 0 spiro atoms. The average molecular weight is 237 g/mol. The second-order valence-electron chi connectivity index (χ2n) is 5.12. The largest absolute Gasteiger partial charge is 0.389 e. The molecule has 0 bridgehead atoms. The molecule has 0 aromatic carbocycles. The number of aliphatic hydroxyl groups is 1. The zero-order valence-corrected chi connectivity index (χ0v) is 11.1. The molecule has 0 amide bonds. The van der Waals surface area contributed by atoms with Gasteiger partial charge < -0.3 is 15.7 Å². The molecule has 0 aliphatic rings. The molecule has 0 radical (unpaired) electrons. The molecule has 0 aliphatic carbocycles. The first-order valence-electron chi connectivity index (χ1n) is 5.98. The molecule has 17 heavy (non-hydrogen) atoms. The van der Waals surface area contributed by atoms with Gasteiger partial charge in [-0.15, -0.1) is 0 Å². The van der Waals surface area contributed by atoms with Gasteiger partial charge in [0, 0.05) is 19.6 Å². The third-order valence-corrected chi connectivity index (χ3v) is 2.66. The molecule has 1 aromatic rings. The van der Waals surface area contributed by atoms with Crippen molar-refractivity contribution in [3.8, 4) is 0 Å². The van der Waals surface area contributed by atoms with Gasteiger partial charge in [0.1, 0.15) is 0 Å². The maximum atomic E-state index is 9.75. The van der Waals surface area contributed by atoms with Crippen molar-refractivity contribution in [2.75, 3.05) is 18.5 Å². The standard InChI is InChI=1S/C13H23N3O/c1-5-11(14)12-7-6-10(8-15-12)16(4)9-13(2,3)17/h6-8,11,17H,5,9,14H2,1-4H3/t11-/m1/s1. The Hall–Kier alpha value is -1.13. The Morgan fingerprint density at radius 2 is 2.12 bits per heavy atom. The van der Waals surface area contributed by atoms with E-state index in [4.69, 9.17) is 5.73 Å². The first-order chi connectivity index (χ1) is 7.83. The van der Waals surface area contributed by atoms with Crippen molar-refractivity contribution in [1.29, 1.82) is 0 Å². The Bertz CT molecular complexity index is 343. The van der Waals surface area contributed by atoms with Crippen LogP contribution in [0.5, 0.6) is 0 Å². The Morgan fingerprint density at radius 3 is 2.53 bits per heavy atom. The summed E-state index contributed by atoms with van der Waals surface area (Å²) in [4.78, 5) is 6.33. The highest BCUT2D eigenvalue weighted by molar-refractivity contribution is 5.44. The van der Waals surface area contributed by atoms with Crippen molar-refractivity contribution in [3.05, 3.63) is 24.0 Å². The van der Waals surface area contributed by atoms with Crippen LogP contribution in [0.15, 0.2) is 18.3 Å². The van der Waals surface area contributed by atoms with Crippen molar-refractivity contribution >= 4 is 5.69 Å². The number of nitrogens with zero attached hydrogens (tertiary/aromatic N) is 2. The zero-order valence-electron chi connectivity index (χ0n) is 11.1. The van der Waals surface area contributed by atoms with Gasteiger partial charge in [-0.25, -0.2) is 0 Å². The molecule has 0 fully saturated rings. The highest BCUT2D eigenvalue weighted by Gasteiger charge is 2.16. The number of rotatable bonds is 5. The van der Waals surface area contributed by atoms with Gasteiger partial charge in [0.05, 0.1) is 23.2 Å². The lowest BCUT2D eigenvalue weighted by molar-refractivity contribution is 0.0886. The molecule has 0 saturated heterocycles. The van der Waals surface area contributed by atoms with Crippen molar-refractivity contribution < 1.29 is 5.11 Å². The van der Waals surface area contributed by atoms with E-state index in [0.29, 0.717) is 6.54 Å². The Kier molecular flexibility index (Phi) is 4.48. The van der Waals surface area contributed by atoms with E-state index in [1.807, 2.05) is 31.0 Å². The second-order valence-corrected chi connectivity index (χ2v) is 5.12. The smallest absolute Gasteiger partial charge is 0.0765 e. The van der Waals surface area contributed by atoms with Crippen LogP contribution < -0.4 is 10.6 Å². The van der Waals surface area contributed by atoms with E-state index in [9.17, 15) is 5.11 Å². The van der Waals surface area contributed by atoms with Gasteiger partial charge in [0.25, 0.3) is 0 Å². The molecule has 0 aliphatic heterocycles. The van der Waals surface area contributed by atoms with Gasteiger partial charge in [0.2, 0.25) is 0 Å². The molecule has 96 valence electrons. The number of anilines is 1. The van der Waals surface area contributed by atoms with E-state index in [0.717, 1.165) is 17.8 Å². The van der Waals surface area contributed by atoms with Gasteiger partial charge in [-0.05, 0) is 32.4 Å². The Balaban J connectivity index is 2.74. The third-order valence-electron chi connectivity index (χ3n) is 2.66. The summed E-state index contributed by atoms with van der Waals surface area (Å²) < 4.78 is 0. The van der Waals surface area contributed by atoms with Crippen LogP contribution in [-0.2, 0) is 0 Å².